The van der Waals surface area contributed by atoms with Crippen molar-refractivity contribution in [1.29, 1.82) is 0 Å². The van der Waals surface area contributed by atoms with Gasteiger partial charge in [-0.2, -0.15) is 0 Å². The highest BCUT2D eigenvalue weighted by molar-refractivity contribution is 6.30. The molecule has 3 aliphatic heterocycles. The van der Waals surface area contributed by atoms with Crippen LogP contribution in [0.4, 0.5) is 19.0 Å². The van der Waals surface area contributed by atoms with Crippen molar-refractivity contribution in [3.8, 4) is 11.5 Å². The number of halogens is 4. The summed E-state index contributed by atoms with van der Waals surface area (Å²) in [5, 5.41) is 12.6. The minimum atomic E-state index is -4.95. The summed E-state index contributed by atoms with van der Waals surface area (Å²) in [5.74, 6) is -0.701. The molecule has 1 aromatic carbocycles. The van der Waals surface area contributed by atoms with Gasteiger partial charge in [0.25, 0.3) is 11.8 Å². The summed E-state index contributed by atoms with van der Waals surface area (Å²) in [5.41, 5.74) is -1.01. The molecule has 2 aromatic rings. The number of piperidine rings is 1. The van der Waals surface area contributed by atoms with Crippen LogP contribution in [-0.2, 0) is 4.79 Å². The van der Waals surface area contributed by atoms with Crippen molar-refractivity contribution in [2.24, 2.45) is 0 Å². The smallest absolute Gasteiger partial charge is 0.474 e. The maximum Gasteiger partial charge on any atom is 0.573 e. The molecule has 1 aromatic heterocycles. The zero-order valence-corrected chi connectivity index (χ0v) is 24.1. The molecular weight excluding hydrogens is 577 g/mol. The van der Waals surface area contributed by atoms with E-state index in [0.717, 1.165) is 37.6 Å². The summed E-state index contributed by atoms with van der Waals surface area (Å²) < 4.78 is 48.5. The molecule has 0 spiro atoms. The molecule has 0 aliphatic carbocycles. The Morgan fingerprint density at radius 1 is 1.07 bits per heavy atom. The molecule has 1 unspecified atom stereocenters. The number of fused-ring (bicyclic) bond motifs is 2. The number of benzene rings is 1. The Morgan fingerprint density at radius 2 is 1.79 bits per heavy atom. The number of aromatic nitrogens is 1. The van der Waals surface area contributed by atoms with Crippen LogP contribution in [0.3, 0.4) is 0 Å². The first kappa shape index (κ1) is 30.2. The third kappa shape index (κ3) is 6.54. The highest BCUT2D eigenvalue weighted by Gasteiger charge is 2.43. The van der Waals surface area contributed by atoms with Gasteiger partial charge in [0.15, 0.2) is 17.1 Å². The predicted molar refractivity (Wildman–Crippen MR) is 149 cm³/mol. The molecule has 13 heteroatoms. The number of aliphatic hydroxyl groups is 1. The number of hydrogen-bond acceptors (Lipinski definition) is 7. The molecule has 0 saturated carbocycles. The van der Waals surface area contributed by atoms with Crippen LogP contribution in [0.1, 0.15) is 62.7 Å². The van der Waals surface area contributed by atoms with E-state index in [9.17, 15) is 27.9 Å². The number of ether oxygens (including phenoxy) is 2. The van der Waals surface area contributed by atoms with Crippen molar-refractivity contribution in [2.45, 2.75) is 88.5 Å². The summed E-state index contributed by atoms with van der Waals surface area (Å²) >= 11 is 5.84. The van der Waals surface area contributed by atoms with Crippen molar-refractivity contribution in [1.82, 2.24) is 15.2 Å². The Balaban J connectivity index is 1.21. The average molecular weight is 611 g/mol. The van der Waals surface area contributed by atoms with Crippen LogP contribution in [0, 0.1) is 0 Å². The topological polar surface area (TPSA) is 104 Å². The summed E-state index contributed by atoms with van der Waals surface area (Å²) in [6.07, 6.45) is 1.47. The Labute approximate surface area is 246 Å². The maximum atomic E-state index is 13.2. The van der Waals surface area contributed by atoms with Crippen LogP contribution in [0.25, 0.3) is 0 Å². The predicted octanol–water partition coefficient (Wildman–Crippen LogP) is 4.70. The van der Waals surface area contributed by atoms with Gasteiger partial charge in [0.05, 0.1) is 18.2 Å². The Hall–Kier alpha value is -3.25. The molecule has 4 atom stereocenters. The van der Waals surface area contributed by atoms with Crippen LogP contribution in [0.15, 0.2) is 36.5 Å². The minimum Gasteiger partial charge on any atom is -0.474 e. The first-order valence-corrected chi connectivity index (χ1v) is 14.4. The number of nitrogens with zero attached hydrogens (tertiary/aromatic N) is 3. The third-order valence-electron chi connectivity index (χ3n) is 8.22. The number of alkyl halides is 3. The first-order valence-electron chi connectivity index (χ1n) is 14.1. The monoisotopic (exact) mass is 610 g/mol. The zero-order chi connectivity index (χ0) is 30.2. The SMILES string of the molecule is CC(C)(Oc1ccc(Cl)cc1OC(F)(F)F)C(=O)NC1C[C@H]2CC[C@@H](C1)N2c1ccc(C(=O)N2CCC[C@H]2CO)cn1. The highest BCUT2D eigenvalue weighted by atomic mass is 35.5. The molecular formula is C29H34ClF3N4O5. The van der Waals surface area contributed by atoms with E-state index in [4.69, 9.17) is 16.3 Å². The van der Waals surface area contributed by atoms with E-state index < -0.39 is 23.6 Å². The van der Waals surface area contributed by atoms with Crippen molar-refractivity contribution >= 4 is 29.2 Å². The fraction of sp³-hybridized carbons (Fsp3) is 0.552. The van der Waals surface area contributed by atoms with Crippen molar-refractivity contribution < 1.29 is 37.3 Å². The normalized spacial score (nSPS) is 24.1. The van der Waals surface area contributed by atoms with Crippen LogP contribution >= 0.6 is 11.6 Å². The number of aliphatic hydroxyl groups excluding tert-OH is 1. The van der Waals surface area contributed by atoms with E-state index in [2.05, 4.69) is 19.9 Å². The number of pyridine rings is 1. The lowest BCUT2D eigenvalue weighted by Crippen LogP contribution is -2.55. The van der Waals surface area contributed by atoms with Gasteiger partial charge in [-0.05, 0) is 76.6 Å². The third-order valence-corrected chi connectivity index (χ3v) is 8.45. The van der Waals surface area contributed by atoms with Gasteiger partial charge in [-0.15, -0.1) is 13.2 Å². The number of rotatable bonds is 8. The Kier molecular flexibility index (Phi) is 8.48. The number of likely N-dealkylation sites (tertiary alicyclic amines) is 1. The number of carbonyl (C=O) groups excluding carboxylic acids is 2. The molecule has 5 rings (SSSR count). The van der Waals surface area contributed by atoms with E-state index >= 15 is 0 Å². The second-order valence-electron chi connectivity index (χ2n) is 11.6. The van der Waals surface area contributed by atoms with Crippen LogP contribution < -0.4 is 19.7 Å². The van der Waals surface area contributed by atoms with Crippen molar-refractivity contribution in [3.05, 3.63) is 47.1 Å². The summed E-state index contributed by atoms with van der Waals surface area (Å²) in [4.78, 5) is 34.7. The van der Waals surface area contributed by atoms with E-state index in [1.807, 2.05) is 6.07 Å². The minimum absolute atomic E-state index is 0.0312. The molecule has 2 amide bonds. The second-order valence-corrected chi connectivity index (χ2v) is 12.0. The lowest BCUT2D eigenvalue weighted by Gasteiger charge is -2.41. The first-order chi connectivity index (χ1) is 19.8. The number of anilines is 1. The molecule has 228 valence electrons. The molecule has 4 heterocycles. The molecule has 0 radical (unpaired) electrons. The van der Waals surface area contributed by atoms with Gasteiger partial charge in [0.2, 0.25) is 0 Å². The van der Waals surface area contributed by atoms with Crippen LogP contribution in [0.2, 0.25) is 5.02 Å². The quantitative estimate of drug-likeness (QED) is 0.446. The second kappa shape index (κ2) is 11.8. The van der Waals surface area contributed by atoms with Crippen molar-refractivity contribution in [3.63, 3.8) is 0 Å². The van der Waals surface area contributed by atoms with Gasteiger partial charge in [-0.1, -0.05) is 11.6 Å². The fourth-order valence-corrected chi connectivity index (χ4v) is 6.41. The summed E-state index contributed by atoms with van der Waals surface area (Å²) in [6, 6.07) is 7.16. The Bertz CT molecular complexity index is 1300. The number of nitrogens with one attached hydrogen (secondary N) is 1. The van der Waals surface area contributed by atoms with Gasteiger partial charge >= 0.3 is 6.36 Å². The zero-order valence-electron chi connectivity index (χ0n) is 23.4. The molecule has 3 saturated heterocycles. The molecule has 3 aliphatic rings. The molecule has 3 fully saturated rings. The van der Waals surface area contributed by atoms with E-state index in [-0.39, 0.29) is 47.5 Å². The lowest BCUT2D eigenvalue weighted by atomic mass is 9.96. The number of amides is 2. The number of hydrogen-bond donors (Lipinski definition) is 2. The van der Waals surface area contributed by atoms with Gasteiger partial charge < -0.3 is 29.7 Å². The largest absolute Gasteiger partial charge is 0.573 e. The van der Waals surface area contributed by atoms with Crippen LogP contribution in [-0.4, -0.2) is 76.1 Å². The van der Waals surface area contributed by atoms with Gasteiger partial charge in [0, 0.05) is 42.0 Å². The van der Waals surface area contributed by atoms with Gasteiger partial charge in [-0.3, -0.25) is 9.59 Å². The molecule has 9 nitrogen and oxygen atoms in total. The van der Waals surface area contributed by atoms with E-state index in [0.29, 0.717) is 24.9 Å². The van der Waals surface area contributed by atoms with Gasteiger partial charge in [-0.25, -0.2) is 4.98 Å². The number of carbonyl (C=O) groups is 2. The molecule has 42 heavy (non-hydrogen) atoms. The van der Waals surface area contributed by atoms with E-state index in [1.54, 1.807) is 17.2 Å². The van der Waals surface area contributed by atoms with Gasteiger partial charge in [0.1, 0.15) is 5.82 Å². The highest BCUT2D eigenvalue weighted by Crippen LogP contribution is 2.40. The fourth-order valence-electron chi connectivity index (χ4n) is 6.24. The standard InChI is InChI=1S/C29H34ClF3N4O5/c1-28(2,41-23-9-6-18(30)12-24(23)42-29(31,32)33)27(40)35-19-13-20-7-8-21(14-19)37(20)25-10-5-17(15-34-25)26(39)36-11-3-4-22(36)16-38/h5-6,9-10,12,15,19-22,38H,3-4,7-8,11,13-14,16H2,1-2H3,(H,35,40)/t19?,20-,21+,22-/m0/s1. The van der Waals surface area contributed by atoms with Crippen LogP contribution in [0.5, 0.6) is 11.5 Å². The lowest BCUT2D eigenvalue weighted by molar-refractivity contribution is -0.275. The molecule has 2 bridgehead atoms. The maximum absolute atomic E-state index is 13.2. The Morgan fingerprint density at radius 3 is 2.40 bits per heavy atom. The summed E-state index contributed by atoms with van der Waals surface area (Å²) in [6.45, 7) is 3.54. The molecule has 2 N–H and O–H groups in total. The van der Waals surface area contributed by atoms with E-state index in [1.165, 1.54) is 26.0 Å². The van der Waals surface area contributed by atoms with Crippen molar-refractivity contribution in [2.75, 3.05) is 18.1 Å². The summed E-state index contributed by atoms with van der Waals surface area (Å²) in [7, 11) is 0. The average Bonchev–Trinajstić information content (AvgIpc) is 3.51.